The number of hydrogen-bond acceptors (Lipinski definition) is 7. The van der Waals surface area contributed by atoms with E-state index in [0.29, 0.717) is 22.7 Å². The maximum Gasteiger partial charge on any atom is 1.00 e. The zero-order valence-corrected chi connectivity index (χ0v) is 17.0. The molecule has 0 aliphatic rings. The molecule has 26 heavy (non-hydrogen) atoms. The van der Waals surface area contributed by atoms with E-state index in [9.17, 15) is 13.0 Å². The predicted molar refractivity (Wildman–Crippen MR) is 91.9 cm³/mol. The van der Waals surface area contributed by atoms with Gasteiger partial charge in [-0.05, 0) is 36.3 Å². The normalized spacial score (nSPS) is 11.6. The standard InChI is InChI=1S/C17H16N2O5S.Na/c20-25(21,22)10-2-9-23-14-5-6-15-16(11-14)24-17(19-15)7-4-13-3-1-8-18-12-13;/h1,3-8,11-12H,2,9-10H2,(H,20,21,22);/q;+1/p-1. The van der Waals surface area contributed by atoms with Gasteiger partial charge in [-0.3, -0.25) is 4.98 Å². The van der Waals surface area contributed by atoms with E-state index < -0.39 is 15.9 Å². The third kappa shape index (κ3) is 6.22. The molecule has 0 amide bonds. The average Bonchev–Trinajstić information content (AvgIpc) is 2.99. The van der Waals surface area contributed by atoms with Crippen LogP contribution in [0.5, 0.6) is 5.75 Å². The van der Waals surface area contributed by atoms with Crippen molar-refractivity contribution in [2.75, 3.05) is 12.4 Å². The Kier molecular flexibility index (Phi) is 7.36. The summed E-state index contributed by atoms with van der Waals surface area (Å²) in [5.74, 6) is 0.532. The van der Waals surface area contributed by atoms with Crippen molar-refractivity contribution in [3.8, 4) is 5.75 Å². The molecule has 0 N–H and O–H groups in total. The summed E-state index contributed by atoms with van der Waals surface area (Å²) in [5, 5.41) is 0. The van der Waals surface area contributed by atoms with Gasteiger partial charge < -0.3 is 13.7 Å². The molecule has 3 aromatic rings. The van der Waals surface area contributed by atoms with E-state index in [1.807, 2.05) is 18.2 Å². The average molecular weight is 382 g/mol. The Labute approximate surface area is 173 Å². The van der Waals surface area contributed by atoms with Gasteiger partial charge in [-0.1, -0.05) is 6.07 Å². The first-order valence-corrected chi connectivity index (χ1v) is 9.12. The summed E-state index contributed by atoms with van der Waals surface area (Å²) in [6.07, 6.45) is 7.16. The van der Waals surface area contributed by atoms with Crippen LogP contribution in [0.25, 0.3) is 23.3 Å². The van der Waals surface area contributed by atoms with Crippen LogP contribution in [-0.4, -0.2) is 35.3 Å². The van der Waals surface area contributed by atoms with Crippen LogP contribution in [0.4, 0.5) is 0 Å². The molecule has 0 fully saturated rings. The smallest absolute Gasteiger partial charge is 0.748 e. The minimum atomic E-state index is -4.21. The van der Waals surface area contributed by atoms with Crippen molar-refractivity contribution in [3.05, 3.63) is 54.2 Å². The van der Waals surface area contributed by atoms with Gasteiger partial charge in [0.2, 0.25) is 5.89 Å². The Bertz CT molecular complexity index is 987. The molecule has 0 aliphatic heterocycles. The summed E-state index contributed by atoms with van der Waals surface area (Å²) in [5.41, 5.74) is 2.17. The monoisotopic (exact) mass is 382 g/mol. The van der Waals surface area contributed by atoms with Crippen molar-refractivity contribution in [2.24, 2.45) is 0 Å². The van der Waals surface area contributed by atoms with Crippen molar-refractivity contribution < 1.29 is 51.7 Å². The molecular weight excluding hydrogens is 367 g/mol. The summed E-state index contributed by atoms with van der Waals surface area (Å²) in [4.78, 5) is 8.37. The second-order valence-electron chi connectivity index (χ2n) is 5.27. The van der Waals surface area contributed by atoms with E-state index in [4.69, 9.17) is 9.15 Å². The number of hydrogen-bond donors (Lipinski definition) is 0. The molecule has 130 valence electrons. The first-order chi connectivity index (χ1) is 12.0. The largest absolute Gasteiger partial charge is 1.00 e. The number of nitrogens with zero attached hydrogens (tertiary/aromatic N) is 2. The molecule has 0 saturated heterocycles. The molecule has 0 aliphatic carbocycles. The fourth-order valence-corrected chi connectivity index (χ4v) is 2.62. The number of pyridine rings is 1. The predicted octanol–water partition coefficient (Wildman–Crippen LogP) is -0.289. The third-order valence-corrected chi connectivity index (χ3v) is 4.08. The van der Waals surface area contributed by atoms with E-state index in [2.05, 4.69) is 9.97 Å². The van der Waals surface area contributed by atoms with E-state index in [-0.39, 0.29) is 42.6 Å². The SMILES string of the molecule is O=S(=O)([O-])CCCOc1ccc2nc(C=Cc3cccnc3)oc2c1.[Na+]. The molecule has 0 spiro atoms. The third-order valence-electron chi connectivity index (χ3n) is 3.29. The number of ether oxygens (including phenoxy) is 1. The quantitative estimate of drug-likeness (QED) is 0.314. The van der Waals surface area contributed by atoms with Gasteiger partial charge in [-0.25, -0.2) is 13.4 Å². The fraction of sp³-hybridized carbons (Fsp3) is 0.176. The van der Waals surface area contributed by atoms with Crippen molar-refractivity contribution in [1.29, 1.82) is 0 Å². The summed E-state index contributed by atoms with van der Waals surface area (Å²) in [6.45, 7) is 0.134. The summed E-state index contributed by atoms with van der Waals surface area (Å²) < 4.78 is 42.7. The topological polar surface area (TPSA) is 105 Å². The Hall–Kier alpha value is -1.71. The first-order valence-electron chi connectivity index (χ1n) is 7.55. The minimum Gasteiger partial charge on any atom is -0.748 e. The van der Waals surface area contributed by atoms with Crippen LogP contribution in [-0.2, 0) is 10.1 Å². The number of rotatable bonds is 7. The molecule has 3 rings (SSSR count). The van der Waals surface area contributed by atoms with Crippen LogP contribution < -0.4 is 34.3 Å². The van der Waals surface area contributed by atoms with Crippen LogP contribution in [0.2, 0.25) is 0 Å². The fourth-order valence-electron chi connectivity index (χ4n) is 2.15. The van der Waals surface area contributed by atoms with Crippen LogP contribution in [0, 0.1) is 0 Å². The van der Waals surface area contributed by atoms with Gasteiger partial charge in [-0.2, -0.15) is 0 Å². The maximum atomic E-state index is 10.5. The summed E-state index contributed by atoms with van der Waals surface area (Å²) in [6, 6.07) is 8.90. The zero-order valence-electron chi connectivity index (χ0n) is 14.2. The Balaban J connectivity index is 0.00000243. The van der Waals surface area contributed by atoms with Crippen molar-refractivity contribution in [2.45, 2.75) is 6.42 Å². The van der Waals surface area contributed by atoms with Crippen LogP contribution in [0.1, 0.15) is 17.9 Å². The molecule has 0 atom stereocenters. The molecule has 0 unspecified atom stereocenters. The zero-order chi connectivity index (χ0) is 17.7. The number of oxazole rings is 1. The molecule has 7 nitrogen and oxygen atoms in total. The van der Waals surface area contributed by atoms with Gasteiger partial charge >= 0.3 is 29.6 Å². The molecule has 0 bridgehead atoms. The van der Waals surface area contributed by atoms with Crippen molar-refractivity contribution >= 4 is 33.4 Å². The molecule has 2 heterocycles. The van der Waals surface area contributed by atoms with Crippen molar-refractivity contribution in [3.63, 3.8) is 0 Å². The van der Waals surface area contributed by atoms with E-state index in [1.54, 1.807) is 36.7 Å². The van der Waals surface area contributed by atoms with Crippen LogP contribution in [0.3, 0.4) is 0 Å². The van der Waals surface area contributed by atoms with Gasteiger partial charge in [0.1, 0.15) is 11.3 Å². The molecule has 9 heteroatoms. The molecule has 0 radical (unpaired) electrons. The number of fused-ring (bicyclic) bond motifs is 1. The Morgan fingerprint density at radius 3 is 2.81 bits per heavy atom. The van der Waals surface area contributed by atoms with E-state index >= 15 is 0 Å². The van der Waals surface area contributed by atoms with Gasteiger partial charge in [0.25, 0.3) is 0 Å². The van der Waals surface area contributed by atoms with Crippen LogP contribution >= 0.6 is 0 Å². The molecule has 2 aromatic heterocycles. The van der Waals surface area contributed by atoms with Crippen LogP contribution in [0.15, 0.2) is 47.1 Å². The van der Waals surface area contributed by atoms with Gasteiger partial charge in [0, 0.05) is 30.3 Å². The van der Waals surface area contributed by atoms with Gasteiger partial charge in [0.15, 0.2) is 5.58 Å². The number of aromatic nitrogens is 2. The van der Waals surface area contributed by atoms with Gasteiger partial charge in [0.05, 0.1) is 16.7 Å². The molecular formula is C17H15N2NaO5S. The molecule has 1 aromatic carbocycles. The summed E-state index contributed by atoms with van der Waals surface area (Å²) in [7, 11) is -4.21. The Morgan fingerprint density at radius 2 is 2.08 bits per heavy atom. The summed E-state index contributed by atoms with van der Waals surface area (Å²) >= 11 is 0. The Morgan fingerprint density at radius 1 is 1.23 bits per heavy atom. The van der Waals surface area contributed by atoms with E-state index in [1.165, 1.54) is 0 Å². The molecule has 0 saturated carbocycles. The second-order valence-corrected chi connectivity index (χ2v) is 6.79. The van der Waals surface area contributed by atoms with E-state index in [0.717, 1.165) is 5.56 Å². The van der Waals surface area contributed by atoms with Crippen molar-refractivity contribution in [1.82, 2.24) is 9.97 Å². The van der Waals surface area contributed by atoms with Gasteiger partial charge in [-0.15, -0.1) is 0 Å². The number of benzene rings is 1. The minimum absolute atomic E-state index is 0. The second kappa shape index (κ2) is 9.29. The first kappa shape index (κ1) is 20.6. The maximum absolute atomic E-state index is 10.5.